The van der Waals surface area contributed by atoms with Crippen molar-refractivity contribution < 1.29 is 0 Å². The summed E-state index contributed by atoms with van der Waals surface area (Å²) in [6.07, 6.45) is 1.55. The second-order valence-electron chi connectivity index (χ2n) is 1.41. The smallest absolute Gasteiger partial charge is 0.117 e. The Morgan fingerprint density at radius 3 is 2.50 bits per heavy atom. The average Bonchev–Trinajstić information content (AvgIpc) is 1.84. The van der Waals surface area contributed by atoms with Crippen LogP contribution in [-0.2, 0) is 0 Å². The first-order valence-electron chi connectivity index (χ1n) is 2.21. The lowest BCUT2D eigenvalue weighted by Crippen LogP contribution is -1.95. The lowest BCUT2D eigenvalue weighted by atomic mass is 10.2. The van der Waals surface area contributed by atoms with Gasteiger partial charge in [0, 0.05) is 0 Å². The zero-order valence-electron chi connectivity index (χ0n) is 4.81. The molecule has 0 aromatic carbocycles. The molecule has 0 saturated carbocycles. The van der Waals surface area contributed by atoms with Crippen molar-refractivity contribution >= 4 is 0 Å². The van der Waals surface area contributed by atoms with E-state index in [2.05, 4.69) is 6.58 Å². The van der Waals surface area contributed by atoms with Gasteiger partial charge in [0.25, 0.3) is 0 Å². The maximum absolute atomic E-state index is 8.16. The monoisotopic (exact) mass is 108 g/mol. The molecule has 0 aromatic rings. The molecule has 0 aliphatic heterocycles. The van der Waals surface area contributed by atoms with Crippen molar-refractivity contribution in [1.82, 2.24) is 0 Å². The van der Waals surface area contributed by atoms with Gasteiger partial charge in [0.15, 0.2) is 0 Å². The highest BCUT2D eigenvalue weighted by molar-refractivity contribution is 5.29. The first-order valence-corrected chi connectivity index (χ1v) is 2.21. The lowest BCUT2D eigenvalue weighted by molar-refractivity contribution is 1.31. The van der Waals surface area contributed by atoms with Gasteiger partial charge in [-0.05, 0) is 12.5 Å². The molecular weight excluding hydrogens is 100 g/mol. The molecule has 0 spiro atoms. The molecule has 0 heterocycles. The van der Waals surface area contributed by atoms with Gasteiger partial charge in [0.2, 0.25) is 0 Å². The fraction of sp³-hybridized carbons (Fsp3) is 0.167. The van der Waals surface area contributed by atoms with Gasteiger partial charge in [-0.3, -0.25) is 0 Å². The van der Waals surface area contributed by atoms with E-state index in [-0.39, 0.29) is 5.70 Å². The number of nitrogens with zero attached hydrogens (tertiary/aromatic N) is 1. The van der Waals surface area contributed by atoms with E-state index in [1.54, 1.807) is 19.1 Å². The van der Waals surface area contributed by atoms with Crippen molar-refractivity contribution in [1.29, 1.82) is 5.26 Å². The Morgan fingerprint density at radius 2 is 2.38 bits per heavy atom. The molecule has 0 aromatic heterocycles. The van der Waals surface area contributed by atoms with Crippen LogP contribution in [0.4, 0.5) is 0 Å². The third-order valence-electron chi connectivity index (χ3n) is 0.851. The van der Waals surface area contributed by atoms with Crippen LogP contribution in [0.5, 0.6) is 0 Å². The number of hydrogen-bond donors (Lipinski definition) is 1. The average molecular weight is 108 g/mol. The van der Waals surface area contributed by atoms with Gasteiger partial charge in [-0.15, -0.1) is 0 Å². The number of nitrogens with two attached hydrogens (primary N) is 1. The normalized spacial score (nSPS) is 11.5. The van der Waals surface area contributed by atoms with Crippen molar-refractivity contribution in [2.45, 2.75) is 6.92 Å². The van der Waals surface area contributed by atoms with Crippen LogP contribution < -0.4 is 5.73 Å². The van der Waals surface area contributed by atoms with Crippen molar-refractivity contribution in [3.63, 3.8) is 0 Å². The van der Waals surface area contributed by atoms with E-state index in [4.69, 9.17) is 11.0 Å². The maximum atomic E-state index is 8.16. The predicted molar refractivity (Wildman–Crippen MR) is 32.7 cm³/mol. The molecule has 2 N–H and O–H groups in total. The largest absolute Gasteiger partial charge is 0.390 e. The number of nitriles is 1. The fourth-order valence-corrected chi connectivity index (χ4v) is 0.198. The fourth-order valence-electron chi connectivity index (χ4n) is 0.198. The second kappa shape index (κ2) is 2.86. The molecule has 8 heavy (non-hydrogen) atoms. The quantitative estimate of drug-likeness (QED) is 0.401. The van der Waals surface area contributed by atoms with E-state index in [1.165, 1.54) is 0 Å². The van der Waals surface area contributed by atoms with Gasteiger partial charge < -0.3 is 5.73 Å². The van der Waals surface area contributed by atoms with Crippen LogP contribution in [0.25, 0.3) is 0 Å². The molecule has 0 fully saturated rings. The summed E-state index contributed by atoms with van der Waals surface area (Å²) in [5, 5.41) is 8.16. The maximum Gasteiger partial charge on any atom is 0.117 e. The molecular formula is C6H8N2. The van der Waals surface area contributed by atoms with Crippen LogP contribution in [0, 0.1) is 11.3 Å². The molecule has 42 valence electrons. The van der Waals surface area contributed by atoms with Crippen LogP contribution in [0.15, 0.2) is 23.9 Å². The Balaban J connectivity index is 4.33. The Hall–Kier alpha value is -1.23. The molecule has 0 radical (unpaired) electrons. The third kappa shape index (κ3) is 1.48. The minimum atomic E-state index is 0.236. The number of allylic oxidation sites excluding steroid dienone is 3. The molecule has 0 unspecified atom stereocenters. The van der Waals surface area contributed by atoms with E-state index in [0.29, 0.717) is 0 Å². The lowest BCUT2D eigenvalue weighted by Gasteiger charge is -1.87. The van der Waals surface area contributed by atoms with E-state index < -0.39 is 0 Å². The molecule has 0 amide bonds. The Labute approximate surface area is 48.9 Å². The zero-order chi connectivity index (χ0) is 6.57. The molecule has 0 rings (SSSR count). The number of rotatable bonds is 1. The predicted octanol–water partition coefficient (Wildman–Crippen LogP) is 0.929. The van der Waals surface area contributed by atoms with Gasteiger partial charge in [-0.2, -0.15) is 5.26 Å². The molecule has 0 bridgehead atoms. The highest BCUT2D eigenvalue weighted by Crippen LogP contribution is 1.94. The summed E-state index contributed by atoms with van der Waals surface area (Å²) in [6, 6.07) is 1.80. The van der Waals surface area contributed by atoms with Crippen molar-refractivity contribution in [2.24, 2.45) is 5.73 Å². The van der Waals surface area contributed by atoms with E-state index in [0.717, 1.165) is 5.57 Å². The van der Waals surface area contributed by atoms with Crippen molar-refractivity contribution in [3.05, 3.63) is 23.9 Å². The first-order chi connectivity index (χ1) is 3.72. The first kappa shape index (κ1) is 6.77. The van der Waals surface area contributed by atoms with Gasteiger partial charge in [-0.1, -0.05) is 12.7 Å². The molecule has 0 saturated heterocycles. The van der Waals surface area contributed by atoms with Gasteiger partial charge in [0.05, 0.1) is 0 Å². The summed E-state index contributed by atoms with van der Waals surface area (Å²) in [4.78, 5) is 0. The van der Waals surface area contributed by atoms with Gasteiger partial charge >= 0.3 is 0 Å². The summed E-state index contributed by atoms with van der Waals surface area (Å²) in [5.41, 5.74) is 6.14. The zero-order valence-corrected chi connectivity index (χ0v) is 4.81. The number of hydrogen-bond acceptors (Lipinski definition) is 2. The highest BCUT2D eigenvalue weighted by atomic mass is 14.6. The van der Waals surface area contributed by atoms with Crippen LogP contribution in [0.2, 0.25) is 0 Å². The summed E-state index contributed by atoms with van der Waals surface area (Å²) < 4.78 is 0. The van der Waals surface area contributed by atoms with Crippen molar-refractivity contribution in [2.75, 3.05) is 0 Å². The van der Waals surface area contributed by atoms with Crippen LogP contribution in [0.1, 0.15) is 6.92 Å². The van der Waals surface area contributed by atoms with E-state index in [1.807, 2.05) is 0 Å². The Bertz CT molecular complexity index is 160. The highest BCUT2D eigenvalue weighted by Gasteiger charge is 1.86. The van der Waals surface area contributed by atoms with Gasteiger partial charge in [0.1, 0.15) is 11.8 Å². The topological polar surface area (TPSA) is 49.8 Å². The minimum Gasteiger partial charge on any atom is -0.390 e. The van der Waals surface area contributed by atoms with Crippen LogP contribution in [0.3, 0.4) is 0 Å². The summed E-state index contributed by atoms with van der Waals surface area (Å²) in [6.45, 7) is 5.18. The van der Waals surface area contributed by atoms with Crippen LogP contribution >= 0.6 is 0 Å². The third-order valence-corrected chi connectivity index (χ3v) is 0.851. The summed E-state index contributed by atoms with van der Waals surface area (Å²) in [7, 11) is 0. The van der Waals surface area contributed by atoms with E-state index >= 15 is 0 Å². The Morgan fingerprint density at radius 1 is 1.88 bits per heavy atom. The van der Waals surface area contributed by atoms with Gasteiger partial charge in [-0.25, -0.2) is 0 Å². The summed E-state index contributed by atoms with van der Waals surface area (Å²) >= 11 is 0. The molecule has 0 atom stereocenters. The van der Waals surface area contributed by atoms with Crippen LogP contribution in [-0.4, -0.2) is 0 Å². The van der Waals surface area contributed by atoms with E-state index in [9.17, 15) is 0 Å². The minimum absolute atomic E-state index is 0.236. The molecule has 0 aliphatic rings. The summed E-state index contributed by atoms with van der Waals surface area (Å²) in [5.74, 6) is 0. The molecule has 2 nitrogen and oxygen atoms in total. The SMILES string of the molecule is C=C/C(C)=C(/N)C#N. The second-order valence-corrected chi connectivity index (χ2v) is 1.41. The molecule has 0 aliphatic carbocycles. The Kier molecular flexibility index (Phi) is 2.42. The van der Waals surface area contributed by atoms with Crippen molar-refractivity contribution in [3.8, 4) is 6.07 Å². The molecule has 2 heteroatoms. The standard InChI is InChI=1S/C6H8N2/c1-3-5(2)6(8)4-7/h3H,1,8H2,2H3/b6-5+.